The van der Waals surface area contributed by atoms with Crippen molar-refractivity contribution in [2.75, 3.05) is 6.61 Å². The zero-order valence-corrected chi connectivity index (χ0v) is 12.6. The van der Waals surface area contributed by atoms with Gasteiger partial charge in [-0.3, -0.25) is 0 Å². The van der Waals surface area contributed by atoms with E-state index < -0.39 is 15.9 Å². The number of rotatable bonds is 4. The van der Waals surface area contributed by atoms with Crippen molar-refractivity contribution >= 4 is 21.6 Å². The van der Waals surface area contributed by atoms with Crippen LogP contribution in [0.4, 0.5) is 8.78 Å². The predicted molar refractivity (Wildman–Crippen MR) is 73.0 cm³/mol. The van der Waals surface area contributed by atoms with Crippen molar-refractivity contribution < 1.29 is 21.9 Å². The molecule has 9 heteroatoms. The van der Waals surface area contributed by atoms with Crippen molar-refractivity contribution in [1.29, 1.82) is 0 Å². The molecule has 0 radical (unpaired) electrons. The smallest absolute Gasteiger partial charge is 0.248 e. The molecule has 5 nitrogen and oxygen atoms in total. The molecule has 1 aromatic rings. The van der Waals surface area contributed by atoms with E-state index in [1.54, 1.807) is 0 Å². The highest BCUT2D eigenvalue weighted by Gasteiger charge is 2.35. The highest BCUT2D eigenvalue weighted by atomic mass is 35.5. The summed E-state index contributed by atoms with van der Waals surface area (Å²) in [5.41, 5.74) is 0. The lowest BCUT2D eigenvalue weighted by atomic mass is 9.87. The van der Waals surface area contributed by atoms with E-state index in [1.807, 2.05) is 0 Å². The number of nitrogens with zero attached hydrogens (tertiary/aromatic N) is 1. The summed E-state index contributed by atoms with van der Waals surface area (Å²) in [6, 6.07) is 1.15. The lowest BCUT2D eigenvalue weighted by Gasteiger charge is -2.27. The van der Waals surface area contributed by atoms with Gasteiger partial charge in [-0.25, -0.2) is 27.3 Å². The average molecular weight is 341 g/mol. The number of sulfonamides is 1. The van der Waals surface area contributed by atoms with E-state index in [2.05, 4.69) is 4.98 Å². The van der Waals surface area contributed by atoms with Crippen LogP contribution < -0.4 is 9.88 Å². The zero-order chi connectivity index (χ0) is 15.7. The number of hydrogen-bond acceptors (Lipinski definition) is 4. The molecule has 0 atom stereocenters. The van der Waals surface area contributed by atoms with Gasteiger partial charge in [0.25, 0.3) is 0 Å². The van der Waals surface area contributed by atoms with Crippen LogP contribution in [0.25, 0.3) is 0 Å². The van der Waals surface area contributed by atoms with Crippen LogP contribution in [0.2, 0.25) is 5.02 Å². The third kappa shape index (κ3) is 4.49. The molecular formula is C12H15ClF2N2O3S. The molecule has 2 rings (SSSR count). The fourth-order valence-corrected chi connectivity index (χ4v) is 2.90. The van der Waals surface area contributed by atoms with Gasteiger partial charge in [-0.2, -0.15) is 0 Å². The van der Waals surface area contributed by atoms with E-state index in [1.165, 1.54) is 0 Å². The van der Waals surface area contributed by atoms with Crippen molar-refractivity contribution in [3.63, 3.8) is 0 Å². The molecule has 1 heterocycles. The van der Waals surface area contributed by atoms with Gasteiger partial charge in [-0.05, 0) is 24.8 Å². The van der Waals surface area contributed by atoms with Crippen LogP contribution in [0, 0.1) is 5.92 Å². The molecule has 1 fully saturated rings. The topological polar surface area (TPSA) is 82.3 Å². The van der Waals surface area contributed by atoms with Crippen LogP contribution in [-0.4, -0.2) is 25.9 Å². The van der Waals surface area contributed by atoms with Crippen LogP contribution in [0.5, 0.6) is 5.88 Å². The Morgan fingerprint density at radius 3 is 2.57 bits per heavy atom. The van der Waals surface area contributed by atoms with Crippen LogP contribution in [0.1, 0.15) is 25.7 Å². The van der Waals surface area contributed by atoms with Crippen molar-refractivity contribution in [2.24, 2.45) is 11.1 Å². The number of pyridine rings is 1. The minimum atomic E-state index is -3.88. The number of ether oxygens (including phenoxy) is 1. The first-order chi connectivity index (χ1) is 9.67. The molecule has 1 aliphatic rings. The van der Waals surface area contributed by atoms with E-state index in [4.69, 9.17) is 21.5 Å². The van der Waals surface area contributed by atoms with E-state index in [9.17, 15) is 17.2 Å². The summed E-state index contributed by atoms with van der Waals surface area (Å²) < 4.78 is 53.7. The SMILES string of the molecule is NS(=O)(=O)c1cnc(OCC2CCC(F)(F)CC2)c(Cl)c1. The van der Waals surface area contributed by atoms with Gasteiger partial charge in [-0.1, -0.05) is 11.6 Å². The Bertz CT molecular complexity index is 615. The Morgan fingerprint density at radius 1 is 1.43 bits per heavy atom. The quantitative estimate of drug-likeness (QED) is 0.913. The van der Waals surface area contributed by atoms with Gasteiger partial charge >= 0.3 is 0 Å². The largest absolute Gasteiger partial charge is 0.476 e. The molecule has 118 valence electrons. The maximum atomic E-state index is 13.0. The maximum absolute atomic E-state index is 13.0. The number of halogens is 3. The number of hydrogen-bond donors (Lipinski definition) is 1. The Balaban J connectivity index is 1.95. The second-order valence-corrected chi connectivity index (χ2v) is 7.08. The second kappa shape index (κ2) is 6.02. The molecule has 0 aromatic carbocycles. The lowest BCUT2D eigenvalue weighted by molar-refractivity contribution is -0.0500. The molecular weight excluding hydrogens is 326 g/mol. The summed E-state index contributed by atoms with van der Waals surface area (Å²) in [4.78, 5) is 3.59. The van der Waals surface area contributed by atoms with E-state index in [-0.39, 0.29) is 41.2 Å². The lowest BCUT2D eigenvalue weighted by Crippen LogP contribution is -2.27. The monoisotopic (exact) mass is 340 g/mol. The van der Waals surface area contributed by atoms with E-state index >= 15 is 0 Å². The maximum Gasteiger partial charge on any atom is 0.248 e. The third-order valence-corrected chi connectivity index (χ3v) is 4.55. The summed E-state index contributed by atoms with van der Waals surface area (Å²) >= 11 is 5.87. The van der Waals surface area contributed by atoms with Gasteiger partial charge in [0.05, 0.1) is 12.8 Å². The fourth-order valence-electron chi connectivity index (χ4n) is 2.13. The second-order valence-electron chi connectivity index (χ2n) is 5.11. The van der Waals surface area contributed by atoms with Crippen molar-refractivity contribution in [3.05, 3.63) is 17.3 Å². The average Bonchev–Trinajstić information content (AvgIpc) is 2.37. The molecule has 0 aliphatic heterocycles. The third-order valence-electron chi connectivity index (χ3n) is 3.40. The Kier molecular flexibility index (Phi) is 4.69. The van der Waals surface area contributed by atoms with Gasteiger partial charge in [-0.15, -0.1) is 0 Å². The molecule has 0 bridgehead atoms. The summed E-state index contributed by atoms with van der Waals surface area (Å²) in [6.45, 7) is 0.220. The standard InChI is InChI=1S/C12H15ClF2N2O3S/c13-10-5-9(21(16,18)19)6-17-11(10)20-7-8-1-3-12(14,15)4-2-8/h5-6,8H,1-4,7H2,(H2,16,18,19). The van der Waals surface area contributed by atoms with Gasteiger partial charge in [0.15, 0.2) is 0 Å². The molecule has 1 aromatic heterocycles. The first kappa shape index (κ1) is 16.4. The van der Waals surface area contributed by atoms with Crippen LogP contribution in [0.3, 0.4) is 0 Å². The first-order valence-corrected chi connectivity index (χ1v) is 8.29. The Morgan fingerprint density at radius 2 is 2.05 bits per heavy atom. The minimum absolute atomic E-state index is 0.0143. The van der Waals surface area contributed by atoms with E-state index in [0.29, 0.717) is 12.8 Å². The van der Waals surface area contributed by atoms with Crippen LogP contribution in [-0.2, 0) is 10.0 Å². The van der Waals surface area contributed by atoms with Gasteiger partial charge in [0.1, 0.15) is 9.92 Å². The normalized spacial score (nSPS) is 19.4. The molecule has 0 saturated heterocycles. The van der Waals surface area contributed by atoms with Gasteiger partial charge < -0.3 is 4.74 Å². The molecule has 2 N–H and O–H groups in total. The van der Waals surface area contributed by atoms with Crippen LogP contribution in [0.15, 0.2) is 17.2 Å². The summed E-state index contributed by atoms with van der Waals surface area (Å²) in [7, 11) is -3.88. The van der Waals surface area contributed by atoms with Crippen molar-refractivity contribution in [3.8, 4) is 5.88 Å². The molecule has 21 heavy (non-hydrogen) atoms. The summed E-state index contributed by atoms with van der Waals surface area (Å²) in [5, 5.41) is 4.97. The van der Waals surface area contributed by atoms with E-state index in [0.717, 1.165) is 12.3 Å². The summed E-state index contributed by atoms with van der Waals surface area (Å²) in [6.07, 6.45) is 1.50. The zero-order valence-electron chi connectivity index (χ0n) is 11.1. The number of primary sulfonamides is 1. The first-order valence-electron chi connectivity index (χ1n) is 6.36. The Hall–Kier alpha value is -0.990. The number of aromatic nitrogens is 1. The van der Waals surface area contributed by atoms with Gasteiger partial charge in [0.2, 0.25) is 21.8 Å². The molecule has 0 amide bonds. The molecule has 1 aliphatic carbocycles. The molecule has 1 saturated carbocycles. The highest BCUT2D eigenvalue weighted by molar-refractivity contribution is 7.89. The van der Waals surface area contributed by atoms with Crippen molar-refractivity contribution in [1.82, 2.24) is 4.98 Å². The van der Waals surface area contributed by atoms with Gasteiger partial charge in [0, 0.05) is 12.8 Å². The predicted octanol–water partition coefficient (Wildman–Crippen LogP) is 2.59. The Labute approximate surface area is 126 Å². The van der Waals surface area contributed by atoms with Crippen LogP contribution >= 0.6 is 11.6 Å². The summed E-state index contributed by atoms with van der Waals surface area (Å²) in [5.74, 6) is -2.49. The molecule has 0 spiro atoms. The fraction of sp³-hybridized carbons (Fsp3) is 0.583. The minimum Gasteiger partial charge on any atom is -0.476 e. The number of alkyl halides is 2. The number of nitrogens with two attached hydrogens (primary N) is 1. The molecule has 0 unspecified atom stereocenters. The highest BCUT2D eigenvalue weighted by Crippen LogP contribution is 2.36. The van der Waals surface area contributed by atoms with Crippen molar-refractivity contribution in [2.45, 2.75) is 36.5 Å².